The lowest BCUT2D eigenvalue weighted by Gasteiger charge is -2.26. The molecule has 1 aromatic carbocycles. The van der Waals surface area contributed by atoms with Crippen molar-refractivity contribution in [2.45, 2.75) is 18.6 Å². The summed E-state index contributed by atoms with van der Waals surface area (Å²) < 4.78 is 57.0. The van der Waals surface area contributed by atoms with E-state index in [0.29, 0.717) is 0 Å². The first-order valence-corrected chi connectivity index (χ1v) is 8.72. The molecule has 1 heterocycles. The summed E-state index contributed by atoms with van der Waals surface area (Å²) in [5.41, 5.74) is -0.246. The van der Waals surface area contributed by atoms with Gasteiger partial charge in [-0.15, -0.1) is 0 Å². The van der Waals surface area contributed by atoms with Crippen LogP contribution < -0.4 is 4.90 Å². The van der Waals surface area contributed by atoms with E-state index in [-0.39, 0.29) is 18.7 Å². The molecule has 0 aromatic heterocycles. The molecule has 0 spiro atoms. The fraction of sp³-hybridized carbons (Fsp3) is 0.500. The van der Waals surface area contributed by atoms with E-state index in [4.69, 9.17) is 4.74 Å². The van der Waals surface area contributed by atoms with Crippen LogP contribution in [-0.4, -0.2) is 57.7 Å². The summed E-state index contributed by atoms with van der Waals surface area (Å²) in [6.07, 6.45) is 0.724. The van der Waals surface area contributed by atoms with Gasteiger partial charge in [0, 0.05) is 33.2 Å². The third kappa shape index (κ3) is 3.67. The van der Waals surface area contributed by atoms with E-state index in [1.54, 1.807) is 0 Å². The van der Waals surface area contributed by atoms with Gasteiger partial charge in [0.25, 0.3) is 0 Å². The predicted octanol–water partition coefficient (Wildman–Crippen LogP) is 0.977. The second-order valence-corrected chi connectivity index (χ2v) is 7.37. The lowest BCUT2D eigenvalue weighted by atomic mass is 10.1. The summed E-state index contributed by atoms with van der Waals surface area (Å²) in [4.78, 5) is 13.5. The SMILES string of the molecule is CO[C@H]1C[C@H](C(=O)N(C)c2cc(F)ccc2F)N(S(C)(=O)=O)C1. The molecule has 0 aliphatic carbocycles. The molecule has 1 aliphatic heterocycles. The van der Waals surface area contributed by atoms with Crippen LogP contribution in [0.4, 0.5) is 14.5 Å². The maximum absolute atomic E-state index is 13.8. The number of likely N-dealkylation sites (N-methyl/N-ethyl adjacent to an activating group) is 1. The summed E-state index contributed by atoms with van der Waals surface area (Å²) in [6.45, 7) is 0.0468. The normalized spacial score (nSPS) is 22.3. The third-order valence-corrected chi connectivity index (χ3v) is 5.12. The maximum atomic E-state index is 13.8. The zero-order valence-corrected chi connectivity index (χ0v) is 13.8. The van der Waals surface area contributed by atoms with Crippen LogP contribution >= 0.6 is 0 Å². The second kappa shape index (κ2) is 6.50. The van der Waals surface area contributed by atoms with Gasteiger partial charge in [-0.2, -0.15) is 4.31 Å². The number of rotatable bonds is 4. The standard InChI is InChI=1S/C14H18F2N2O4S/c1-17(12-6-9(15)4-5-11(12)16)14(19)13-7-10(22-2)8-18(13)23(3,20)21/h4-6,10,13H,7-8H2,1-3H3/t10-,13+/m0/s1. The highest BCUT2D eigenvalue weighted by Gasteiger charge is 2.43. The van der Waals surface area contributed by atoms with Gasteiger partial charge in [-0.1, -0.05) is 0 Å². The highest BCUT2D eigenvalue weighted by Crippen LogP contribution is 2.27. The Bertz CT molecular complexity index is 711. The lowest BCUT2D eigenvalue weighted by Crippen LogP contribution is -2.46. The number of hydrogen-bond acceptors (Lipinski definition) is 4. The minimum absolute atomic E-state index is 0.0468. The third-order valence-electron chi connectivity index (χ3n) is 3.86. The monoisotopic (exact) mass is 348 g/mol. The van der Waals surface area contributed by atoms with Gasteiger partial charge in [0.05, 0.1) is 18.0 Å². The van der Waals surface area contributed by atoms with Gasteiger partial charge in [0.2, 0.25) is 15.9 Å². The number of anilines is 1. The summed E-state index contributed by atoms with van der Waals surface area (Å²) in [5, 5.41) is 0. The van der Waals surface area contributed by atoms with Gasteiger partial charge >= 0.3 is 0 Å². The number of sulfonamides is 1. The van der Waals surface area contributed by atoms with Crippen molar-refractivity contribution in [3.8, 4) is 0 Å². The average molecular weight is 348 g/mol. The Hall–Kier alpha value is -1.58. The number of methoxy groups -OCH3 is 1. The van der Waals surface area contributed by atoms with E-state index < -0.39 is 39.7 Å². The van der Waals surface area contributed by atoms with Crippen molar-refractivity contribution >= 4 is 21.6 Å². The minimum Gasteiger partial charge on any atom is -0.380 e. The Kier molecular flexibility index (Phi) is 5.02. The molecular weight excluding hydrogens is 330 g/mol. The number of ether oxygens (including phenoxy) is 1. The molecule has 0 radical (unpaired) electrons. The molecule has 0 bridgehead atoms. The van der Waals surface area contributed by atoms with Gasteiger partial charge in [0.1, 0.15) is 17.7 Å². The molecule has 0 saturated carbocycles. The Labute approximate surface area is 133 Å². The van der Waals surface area contributed by atoms with Crippen LogP contribution in [0, 0.1) is 11.6 Å². The Morgan fingerprint density at radius 1 is 1.39 bits per heavy atom. The highest BCUT2D eigenvalue weighted by molar-refractivity contribution is 7.88. The van der Waals surface area contributed by atoms with Crippen LogP contribution in [0.2, 0.25) is 0 Å². The number of halogens is 2. The number of carbonyl (C=O) groups excluding carboxylic acids is 1. The molecule has 128 valence electrons. The van der Waals surface area contributed by atoms with Gasteiger partial charge in [-0.05, 0) is 12.1 Å². The van der Waals surface area contributed by atoms with Crippen LogP contribution in [-0.2, 0) is 19.6 Å². The van der Waals surface area contributed by atoms with Crippen LogP contribution in [0.5, 0.6) is 0 Å². The first kappa shape index (κ1) is 17.8. The molecule has 9 heteroatoms. The first-order valence-electron chi connectivity index (χ1n) is 6.87. The zero-order chi connectivity index (χ0) is 17.4. The van der Waals surface area contributed by atoms with Crippen LogP contribution in [0.15, 0.2) is 18.2 Å². The van der Waals surface area contributed by atoms with Crippen molar-refractivity contribution in [1.29, 1.82) is 0 Å². The molecule has 1 aromatic rings. The highest BCUT2D eigenvalue weighted by atomic mass is 32.2. The molecule has 1 aliphatic rings. The number of benzene rings is 1. The molecule has 1 amide bonds. The number of carbonyl (C=O) groups is 1. The van der Waals surface area contributed by atoms with Gasteiger partial charge < -0.3 is 9.64 Å². The molecule has 6 nitrogen and oxygen atoms in total. The van der Waals surface area contributed by atoms with Crippen LogP contribution in [0.25, 0.3) is 0 Å². The zero-order valence-electron chi connectivity index (χ0n) is 13.0. The van der Waals surface area contributed by atoms with E-state index in [1.807, 2.05) is 0 Å². The summed E-state index contributed by atoms with van der Waals surface area (Å²) in [7, 11) is -0.933. The van der Waals surface area contributed by atoms with Gasteiger partial charge in [-0.3, -0.25) is 4.79 Å². The molecule has 2 rings (SSSR count). The van der Waals surface area contributed by atoms with Crippen LogP contribution in [0.1, 0.15) is 6.42 Å². The Morgan fingerprint density at radius 3 is 2.61 bits per heavy atom. The van der Waals surface area contributed by atoms with Crippen molar-refractivity contribution in [3.63, 3.8) is 0 Å². The molecule has 0 N–H and O–H groups in total. The molecule has 1 fully saturated rings. The van der Waals surface area contributed by atoms with Crippen molar-refractivity contribution in [2.75, 3.05) is 31.9 Å². The van der Waals surface area contributed by atoms with E-state index in [2.05, 4.69) is 0 Å². The fourth-order valence-electron chi connectivity index (χ4n) is 2.62. The van der Waals surface area contributed by atoms with Gasteiger partial charge in [-0.25, -0.2) is 17.2 Å². The smallest absolute Gasteiger partial charge is 0.245 e. The van der Waals surface area contributed by atoms with Crippen LogP contribution in [0.3, 0.4) is 0 Å². The number of nitrogens with zero attached hydrogens (tertiary/aromatic N) is 2. The lowest BCUT2D eigenvalue weighted by molar-refractivity contribution is -0.121. The minimum atomic E-state index is -3.64. The largest absolute Gasteiger partial charge is 0.380 e. The van der Waals surface area contributed by atoms with E-state index >= 15 is 0 Å². The first-order chi connectivity index (χ1) is 10.6. The summed E-state index contributed by atoms with van der Waals surface area (Å²) in [5.74, 6) is -2.10. The Morgan fingerprint density at radius 2 is 2.04 bits per heavy atom. The van der Waals surface area contributed by atoms with Gasteiger partial charge in [0.15, 0.2) is 0 Å². The Balaban J connectivity index is 2.32. The second-order valence-electron chi connectivity index (χ2n) is 5.43. The average Bonchev–Trinajstić information content (AvgIpc) is 2.92. The van der Waals surface area contributed by atoms with Crippen molar-refractivity contribution < 1.29 is 26.7 Å². The molecule has 2 atom stereocenters. The summed E-state index contributed by atoms with van der Waals surface area (Å²) >= 11 is 0. The number of amides is 1. The van der Waals surface area contributed by atoms with Crippen molar-refractivity contribution in [1.82, 2.24) is 4.31 Å². The molecule has 1 saturated heterocycles. The molecular formula is C14H18F2N2O4S. The van der Waals surface area contributed by atoms with E-state index in [9.17, 15) is 22.0 Å². The van der Waals surface area contributed by atoms with E-state index in [1.165, 1.54) is 14.2 Å². The summed E-state index contributed by atoms with van der Waals surface area (Å²) in [6, 6.07) is 1.73. The van der Waals surface area contributed by atoms with Crippen molar-refractivity contribution in [3.05, 3.63) is 29.8 Å². The predicted molar refractivity (Wildman–Crippen MR) is 80.5 cm³/mol. The van der Waals surface area contributed by atoms with Crippen molar-refractivity contribution in [2.24, 2.45) is 0 Å². The molecule has 23 heavy (non-hydrogen) atoms. The number of hydrogen-bond donors (Lipinski definition) is 0. The maximum Gasteiger partial charge on any atom is 0.245 e. The topological polar surface area (TPSA) is 66.9 Å². The molecule has 0 unspecified atom stereocenters. The van der Waals surface area contributed by atoms with E-state index in [0.717, 1.165) is 33.7 Å². The quantitative estimate of drug-likeness (QED) is 0.813. The fourth-order valence-corrected chi connectivity index (χ4v) is 3.69.